The van der Waals surface area contributed by atoms with Gasteiger partial charge < -0.3 is 24.8 Å². The third-order valence-electron chi connectivity index (χ3n) is 6.62. The third-order valence-corrected chi connectivity index (χ3v) is 6.62. The standard InChI is InChI=1S/C37H60O7/c1-4-5-16-24-33(39)25-18-12-7-6-8-13-19-26-34(40)27-20-15-22-28-36(41)43-31-35(30-38)44-37(42)29-21-14-10-9-11-17-23-32(2)3/h5,7-8,12-13,16,18-20,25-27,32-35,38-40H,4,6,9-11,14-15,17,21-24,28-31H2,1-3H3/b12-7-,13-8-,16-5-,25-18+,26-19+,27-20-/t33-,34-,35+/m1/s1. The number of carbonyl (C=O) groups is 2. The van der Waals surface area contributed by atoms with E-state index in [-0.39, 0.29) is 19.0 Å². The molecule has 3 atom stereocenters. The van der Waals surface area contributed by atoms with E-state index in [2.05, 4.69) is 20.8 Å². The summed E-state index contributed by atoms with van der Waals surface area (Å²) < 4.78 is 10.4. The lowest BCUT2D eigenvalue weighted by Gasteiger charge is -2.15. The molecule has 0 bridgehead atoms. The van der Waals surface area contributed by atoms with Crippen LogP contribution in [0.3, 0.4) is 0 Å². The molecular weight excluding hydrogens is 556 g/mol. The SMILES string of the molecule is CC/C=C\C[C@@H](O)/C=C/C=C\C/C=C\C=C\[C@@H](O)/C=C\CCCC(=O)OC[C@H](CO)OC(=O)CCCCCCCCC(C)C. The Hall–Kier alpha value is -2.74. The summed E-state index contributed by atoms with van der Waals surface area (Å²) in [6.07, 6.45) is 32.0. The minimum absolute atomic E-state index is 0.156. The number of rotatable bonds is 27. The highest BCUT2D eigenvalue weighted by Gasteiger charge is 2.16. The fourth-order valence-corrected chi connectivity index (χ4v) is 4.06. The van der Waals surface area contributed by atoms with Gasteiger partial charge in [0.25, 0.3) is 0 Å². The molecule has 0 aromatic rings. The molecule has 0 saturated heterocycles. The van der Waals surface area contributed by atoms with E-state index in [1.807, 2.05) is 48.6 Å². The monoisotopic (exact) mass is 616 g/mol. The predicted molar refractivity (Wildman–Crippen MR) is 180 cm³/mol. The van der Waals surface area contributed by atoms with E-state index in [9.17, 15) is 24.9 Å². The summed E-state index contributed by atoms with van der Waals surface area (Å²) in [5.74, 6) is -0.0384. The van der Waals surface area contributed by atoms with Crippen LogP contribution in [0.15, 0.2) is 72.9 Å². The molecule has 0 aliphatic heterocycles. The Morgan fingerprint density at radius 3 is 2.07 bits per heavy atom. The van der Waals surface area contributed by atoms with E-state index in [1.54, 1.807) is 24.3 Å². The van der Waals surface area contributed by atoms with Crippen LogP contribution < -0.4 is 0 Å². The van der Waals surface area contributed by atoms with Gasteiger partial charge in [-0.25, -0.2) is 0 Å². The zero-order valence-electron chi connectivity index (χ0n) is 27.5. The minimum Gasteiger partial charge on any atom is -0.462 e. The van der Waals surface area contributed by atoms with Crippen LogP contribution in [0.4, 0.5) is 0 Å². The van der Waals surface area contributed by atoms with Crippen molar-refractivity contribution in [1.29, 1.82) is 0 Å². The first kappa shape index (κ1) is 41.3. The molecule has 0 unspecified atom stereocenters. The van der Waals surface area contributed by atoms with Gasteiger partial charge in [-0.15, -0.1) is 0 Å². The second-order valence-corrected chi connectivity index (χ2v) is 11.4. The largest absolute Gasteiger partial charge is 0.462 e. The van der Waals surface area contributed by atoms with Crippen LogP contribution in [0, 0.1) is 5.92 Å². The average Bonchev–Trinajstić information content (AvgIpc) is 2.99. The first-order chi connectivity index (χ1) is 21.3. The number of allylic oxidation sites excluding steroid dienone is 8. The summed E-state index contributed by atoms with van der Waals surface area (Å²) in [5, 5.41) is 29.3. The highest BCUT2D eigenvalue weighted by Crippen LogP contribution is 2.12. The third kappa shape index (κ3) is 29.3. The number of ether oxygens (including phenoxy) is 2. The molecule has 0 amide bonds. The zero-order valence-corrected chi connectivity index (χ0v) is 27.5. The van der Waals surface area contributed by atoms with Crippen molar-refractivity contribution in [3.8, 4) is 0 Å². The Bertz CT molecular complexity index is 882. The van der Waals surface area contributed by atoms with Gasteiger partial charge >= 0.3 is 11.9 Å². The maximum Gasteiger partial charge on any atom is 0.306 e. The van der Waals surface area contributed by atoms with Gasteiger partial charge in [0, 0.05) is 12.8 Å². The Labute approximate surface area is 267 Å². The van der Waals surface area contributed by atoms with Gasteiger partial charge in [-0.3, -0.25) is 9.59 Å². The van der Waals surface area contributed by atoms with Crippen molar-refractivity contribution in [2.75, 3.05) is 13.2 Å². The van der Waals surface area contributed by atoms with Gasteiger partial charge in [0.05, 0.1) is 18.8 Å². The fourth-order valence-electron chi connectivity index (χ4n) is 4.06. The average molecular weight is 617 g/mol. The van der Waals surface area contributed by atoms with Crippen molar-refractivity contribution in [1.82, 2.24) is 0 Å². The van der Waals surface area contributed by atoms with Crippen LogP contribution in [0.5, 0.6) is 0 Å². The van der Waals surface area contributed by atoms with Crippen molar-refractivity contribution in [2.24, 2.45) is 5.92 Å². The van der Waals surface area contributed by atoms with Crippen LogP contribution in [-0.4, -0.2) is 58.8 Å². The summed E-state index contributed by atoms with van der Waals surface area (Å²) in [6, 6.07) is 0. The molecule has 0 aromatic heterocycles. The Morgan fingerprint density at radius 2 is 1.39 bits per heavy atom. The number of aliphatic hydroxyl groups is 3. The summed E-state index contributed by atoms with van der Waals surface area (Å²) in [6.45, 7) is 5.99. The van der Waals surface area contributed by atoms with Gasteiger partial charge in [0.15, 0.2) is 6.10 Å². The molecule has 7 nitrogen and oxygen atoms in total. The topological polar surface area (TPSA) is 113 Å². The van der Waals surface area contributed by atoms with E-state index in [4.69, 9.17) is 9.47 Å². The van der Waals surface area contributed by atoms with Gasteiger partial charge in [0.2, 0.25) is 0 Å². The molecule has 0 heterocycles. The Kier molecular flexibility index (Phi) is 28.4. The van der Waals surface area contributed by atoms with E-state index >= 15 is 0 Å². The van der Waals surface area contributed by atoms with Crippen LogP contribution in [0.2, 0.25) is 0 Å². The molecule has 44 heavy (non-hydrogen) atoms. The van der Waals surface area contributed by atoms with E-state index in [0.29, 0.717) is 25.7 Å². The van der Waals surface area contributed by atoms with Gasteiger partial charge in [-0.1, -0.05) is 132 Å². The number of hydrogen-bond donors (Lipinski definition) is 3. The smallest absolute Gasteiger partial charge is 0.306 e. The van der Waals surface area contributed by atoms with Crippen LogP contribution >= 0.6 is 0 Å². The first-order valence-electron chi connectivity index (χ1n) is 16.6. The van der Waals surface area contributed by atoms with Crippen LogP contribution in [-0.2, 0) is 19.1 Å². The lowest BCUT2D eigenvalue weighted by molar-refractivity contribution is -0.161. The fraction of sp³-hybridized carbons (Fsp3) is 0.622. The molecule has 0 aliphatic rings. The van der Waals surface area contributed by atoms with Crippen LogP contribution in [0.1, 0.15) is 111 Å². The second-order valence-electron chi connectivity index (χ2n) is 11.4. The molecule has 0 radical (unpaired) electrons. The maximum atomic E-state index is 12.0. The second kappa shape index (κ2) is 30.3. The molecule has 250 valence electrons. The number of hydrogen-bond acceptors (Lipinski definition) is 7. The first-order valence-corrected chi connectivity index (χ1v) is 16.6. The summed E-state index contributed by atoms with van der Waals surface area (Å²) in [5.41, 5.74) is 0. The highest BCUT2D eigenvalue weighted by atomic mass is 16.6. The van der Waals surface area contributed by atoms with Gasteiger partial charge in [0.1, 0.15) is 6.61 Å². The molecule has 0 aromatic carbocycles. The molecular formula is C37H60O7. The molecule has 0 fully saturated rings. The number of carbonyl (C=O) groups excluding carboxylic acids is 2. The zero-order chi connectivity index (χ0) is 32.7. The number of esters is 2. The van der Waals surface area contributed by atoms with E-state index in [0.717, 1.165) is 38.0 Å². The van der Waals surface area contributed by atoms with Crippen molar-refractivity contribution in [3.05, 3.63) is 72.9 Å². The maximum absolute atomic E-state index is 12.0. The number of unbranched alkanes of at least 4 members (excludes halogenated alkanes) is 6. The lowest BCUT2D eigenvalue weighted by atomic mass is 10.0. The molecule has 0 rings (SSSR count). The molecule has 0 spiro atoms. The van der Waals surface area contributed by atoms with Crippen molar-refractivity contribution >= 4 is 11.9 Å². The van der Waals surface area contributed by atoms with E-state index < -0.39 is 30.9 Å². The van der Waals surface area contributed by atoms with Crippen LogP contribution in [0.25, 0.3) is 0 Å². The predicted octanol–water partition coefficient (Wildman–Crippen LogP) is 7.63. The normalized spacial score (nSPS) is 14.7. The Morgan fingerprint density at radius 1 is 0.727 bits per heavy atom. The summed E-state index contributed by atoms with van der Waals surface area (Å²) in [4.78, 5) is 24.0. The van der Waals surface area contributed by atoms with E-state index in [1.165, 1.54) is 25.7 Å². The van der Waals surface area contributed by atoms with Crippen molar-refractivity contribution in [3.63, 3.8) is 0 Å². The quantitative estimate of drug-likeness (QED) is 0.0376. The molecule has 7 heteroatoms. The van der Waals surface area contributed by atoms with Gasteiger partial charge in [-0.05, 0) is 44.4 Å². The highest BCUT2D eigenvalue weighted by molar-refractivity contribution is 5.70. The minimum atomic E-state index is -0.844. The number of aliphatic hydroxyl groups excluding tert-OH is 3. The molecule has 3 N–H and O–H groups in total. The van der Waals surface area contributed by atoms with Crippen molar-refractivity contribution < 1.29 is 34.4 Å². The van der Waals surface area contributed by atoms with Gasteiger partial charge in [-0.2, -0.15) is 0 Å². The summed E-state index contributed by atoms with van der Waals surface area (Å²) >= 11 is 0. The molecule has 0 saturated carbocycles. The lowest BCUT2D eigenvalue weighted by Crippen LogP contribution is -2.28. The summed E-state index contributed by atoms with van der Waals surface area (Å²) in [7, 11) is 0. The molecule has 0 aliphatic carbocycles. The van der Waals surface area contributed by atoms with Crippen molar-refractivity contribution in [2.45, 2.75) is 129 Å². The Balaban J connectivity index is 3.96.